The maximum absolute atomic E-state index is 5.92. The van der Waals surface area contributed by atoms with Crippen molar-refractivity contribution in [2.75, 3.05) is 7.11 Å². The second kappa shape index (κ2) is 2.76. The number of hydrogen-bond acceptors (Lipinski definition) is 2. The van der Waals surface area contributed by atoms with Crippen LogP contribution in [0.25, 0.3) is 0 Å². The quantitative estimate of drug-likeness (QED) is 0.672. The molecule has 1 fully saturated rings. The van der Waals surface area contributed by atoms with E-state index in [-0.39, 0.29) is 0 Å². The molecule has 0 radical (unpaired) electrons. The standard InChI is InChI=1S/C9H19NO/c1-5-6(11-4)7-8(10)9(7,2)3/h6-8H,5,10H2,1-4H3/t6?,7-,8-/m1/s1. The van der Waals surface area contributed by atoms with Gasteiger partial charge in [0, 0.05) is 19.1 Å². The fourth-order valence-corrected chi connectivity index (χ4v) is 2.00. The van der Waals surface area contributed by atoms with Gasteiger partial charge in [-0.1, -0.05) is 20.8 Å². The number of nitrogens with two attached hydrogens (primary N) is 1. The van der Waals surface area contributed by atoms with Crippen molar-refractivity contribution in [3.05, 3.63) is 0 Å². The molecule has 2 N–H and O–H groups in total. The molecule has 0 bridgehead atoms. The minimum Gasteiger partial charge on any atom is -0.381 e. The van der Waals surface area contributed by atoms with Gasteiger partial charge in [-0.25, -0.2) is 0 Å². The van der Waals surface area contributed by atoms with Gasteiger partial charge >= 0.3 is 0 Å². The van der Waals surface area contributed by atoms with Crippen LogP contribution in [0.15, 0.2) is 0 Å². The van der Waals surface area contributed by atoms with Gasteiger partial charge in [0.25, 0.3) is 0 Å². The van der Waals surface area contributed by atoms with E-state index in [9.17, 15) is 0 Å². The lowest BCUT2D eigenvalue weighted by Crippen LogP contribution is -2.17. The van der Waals surface area contributed by atoms with E-state index in [0.29, 0.717) is 23.5 Å². The lowest BCUT2D eigenvalue weighted by Gasteiger charge is -2.13. The van der Waals surface area contributed by atoms with E-state index in [0.717, 1.165) is 6.42 Å². The highest BCUT2D eigenvalue weighted by Gasteiger charge is 2.58. The summed E-state index contributed by atoms with van der Waals surface area (Å²) in [6.07, 6.45) is 1.43. The second-order valence-corrected chi connectivity index (χ2v) is 4.06. The van der Waals surface area contributed by atoms with Crippen molar-refractivity contribution in [3.8, 4) is 0 Å². The van der Waals surface area contributed by atoms with E-state index in [1.807, 2.05) is 0 Å². The molecule has 1 aliphatic rings. The van der Waals surface area contributed by atoms with Crippen LogP contribution in [0.4, 0.5) is 0 Å². The first kappa shape index (κ1) is 9.01. The summed E-state index contributed by atoms with van der Waals surface area (Å²) in [5, 5.41) is 0. The third-order valence-electron chi connectivity index (χ3n) is 3.10. The van der Waals surface area contributed by atoms with Gasteiger partial charge < -0.3 is 10.5 Å². The number of ether oxygens (including phenoxy) is 1. The fraction of sp³-hybridized carbons (Fsp3) is 1.00. The van der Waals surface area contributed by atoms with Gasteiger partial charge in [0.05, 0.1) is 6.10 Å². The normalized spacial score (nSPS) is 36.8. The Kier molecular flexibility index (Phi) is 2.26. The monoisotopic (exact) mass is 157 g/mol. The second-order valence-electron chi connectivity index (χ2n) is 4.06. The summed E-state index contributed by atoms with van der Waals surface area (Å²) in [4.78, 5) is 0. The number of rotatable bonds is 3. The van der Waals surface area contributed by atoms with Crippen LogP contribution >= 0.6 is 0 Å². The molecule has 3 atom stereocenters. The molecule has 0 heterocycles. The van der Waals surface area contributed by atoms with Crippen LogP contribution in [0.2, 0.25) is 0 Å². The first-order valence-electron chi connectivity index (χ1n) is 4.34. The Morgan fingerprint density at radius 3 is 2.09 bits per heavy atom. The van der Waals surface area contributed by atoms with Crippen molar-refractivity contribution >= 4 is 0 Å². The van der Waals surface area contributed by atoms with Gasteiger partial charge in [0.1, 0.15) is 0 Å². The summed E-state index contributed by atoms with van der Waals surface area (Å²) >= 11 is 0. The zero-order valence-electron chi connectivity index (χ0n) is 7.92. The Morgan fingerprint density at radius 2 is 2.00 bits per heavy atom. The van der Waals surface area contributed by atoms with Gasteiger partial charge in [-0.15, -0.1) is 0 Å². The topological polar surface area (TPSA) is 35.2 Å². The first-order chi connectivity index (χ1) is 5.05. The molecule has 1 rings (SSSR count). The van der Waals surface area contributed by atoms with E-state index in [1.54, 1.807) is 7.11 Å². The highest BCUT2D eigenvalue weighted by Crippen LogP contribution is 2.53. The minimum atomic E-state index is 0.302. The van der Waals surface area contributed by atoms with Crippen molar-refractivity contribution in [2.45, 2.75) is 39.3 Å². The van der Waals surface area contributed by atoms with Gasteiger partial charge in [-0.05, 0) is 11.8 Å². The van der Waals surface area contributed by atoms with Crippen LogP contribution in [0.3, 0.4) is 0 Å². The SMILES string of the molecule is CCC(OC)[C@@H]1[C@@H](N)C1(C)C. The molecule has 0 aromatic carbocycles. The summed E-state index contributed by atoms with van der Waals surface area (Å²) in [7, 11) is 1.77. The van der Waals surface area contributed by atoms with Crippen molar-refractivity contribution < 1.29 is 4.74 Å². The minimum absolute atomic E-state index is 0.302. The smallest absolute Gasteiger partial charge is 0.0617 e. The van der Waals surface area contributed by atoms with Gasteiger partial charge in [0.15, 0.2) is 0 Å². The average Bonchev–Trinajstić information content (AvgIpc) is 2.41. The molecule has 0 amide bonds. The largest absolute Gasteiger partial charge is 0.381 e. The molecule has 0 aromatic rings. The lowest BCUT2D eigenvalue weighted by molar-refractivity contribution is 0.0704. The van der Waals surface area contributed by atoms with Crippen LogP contribution in [0.1, 0.15) is 27.2 Å². The van der Waals surface area contributed by atoms with Crippen molar-refractivity contribution in [2.24, 2.45) is 17.1 Å². The zero-order valence-corrected chi connectivity index (χ0v) is 7.92. The van der Waals surface area contributed by atoms with Gasteiger partial charge in [-0.3, -0.25) is 0 Å². The van der Waals surface area contributed by atoms with Crippen molar-refractivity contribution in [1.29, 1.82) is 0 Å². The number of hydrogen-bond donors (Lipinski definition) is 1. The van der Waals surface area contributed by atoms with E-state index < -0.39 is 0 Å². The van der Waals surface area contributed by atoms with Crippen LogP contribution in [0, 0.1) is 11.3 Å². The summed E-state index contributed by atoms with van der Waals surface area (Å²) in [5.41, 5.74) is 6.22. The molecule has 0 saturated heterocycles. The third kappa shape index (κ3) is 1.30. The van der Waals surface area contributed by atoms with Gasteiger partial charge in [-0.2, -0.15) is 0 Å². The zero-order chi connectivity index (χ0) is 8.65. The van der Waals surface area contributed by atoms with Gasteiger partial charge in [0.2, 0.25) is 0 Å². The maximum atomic E-state index is 5.92. The third-order valence-corrected chi connectivity index (χ3v) is 3.10. The molecule has 2 heteroatoms. The van der Waals surface area contributed by atoms with Crippen LogP contribution in [-0.2, 0) is 4.74 Å². The fourth-order valence-electron chi connectivity index (χ4n) is 2.00. The molecule has 0 aliphatic heterocycles. The molecule has 1 saturated carbocycles. The van der Waals surface area contributed by atoms with Crippen LogP contribution < -0.4 is 5.73 Å². The maximum Gasteiger partial charge on any atom is 0.0617 e. The van der Waals surface area contributed by atoms with Crippen molar-refractivity contribution in [1.82, 2.24) is 0 Å². The summed E-state index contributed by atoms with van der Waals surface area (Å²) in [6, 6.07) is 0.340. The molecule has 1 aliphatic carbocycles. The lowest BCUT2D eigenvalue weighted by atomic mass is 10.0. The molecule has 1 unspecified atom stereocenters. The van der Waals surface area contributed by atoms with E-state index >= 15 is 0 Å². The molecule has 2 nitrogen and oxygen atoms in total. The summed E-state index contributed by atoms with van der Waals surface area (Å²) < 4.78 is 5.35. The van der Waals surface area contributed by atoms with Crippen LogP contribution in [-0.4, -0.2) is 19.3 Å². The highest BCUT2D eigenvalue weighted by molar-refractivity contribution is 5.11. The number of methoxy groups -OCH3 is 1. The molecule has 11 heavy (non-hydrogen) atoms. The highest BCUT2D eigenvalue weighted by atomic mass is 16.5. The Bertz CT molecular complexity index is 140. The van der Waals surface area contributed by atoms with Crippen LogP contribution in [0.5, 0.6) is 0 Å². The van der Waals surface area contributed by atoms with E-state index in [1.165, 1.54) is 0 Å². The summed E-state index contributed by atoms with van der Waals surface area (Å²) in [6.45, 7) is 6.57. The predicted octanol–water partition coefficient (Wildman–Crippen LogP) is 1.39. The molecular formula is C9H19NO. The van der Waals surface area contributed by atoms with E-state index in [2.05, 4.69) is 20.8 Å². The molecular weight excluding hydrogens is 138 g/mol. The Balaban J connectivity index is 2.51. The van der Waals surface area contributed by atoms with E-state index in [4.69, 9.17) is 10.5 Å². The summed E-state index contributed by atoms with van der Waals surface area (Å²) in [5.74, 6) is 0.567. The van der Waals surface area contributed by atoms with Crippen molar-refractivity contribution in [3.63, 3.8) is 0 Å². The molecule has 0 aromatic heterocycles. The predicted molar refractivity (Wildman–Crippen MR) is 46.3 cm³/mol. The Labute approximate surface area is 69.1 Å². The Hall–Kier alpha value is -0.0800. The average molecular weight is 157 g/mol. The Morgan fingerprint density at radius 1 is 1.55 bits per heavy atom. The molecule has 66 valence electrons. The first-order valence-corrected chi connectivity index (χ1v) is 4.34. The molecule has 0 spiro atoms.